The standard InChI is InChI=1S/C11H19N3O/c1-7-4-3-5-9(7)11-13-10(14-15-11)8(2)6-12/h7-9H,3-6,12H2,1-2H3. The molecule has 3 atom stereocenters. The lowest BCUT2D eigenvalue weighted by Crippen LogP contribution is -2.10. The zero-order valence-corrected chi connectivity index (χ0v) is 9.44. The van der Waals surface area contributed by atoms with Crippen molar-refractivity contribution in [3.05, 3.63) is 11.7 Å². The fraction of sp³-hybridized carbons (Fsp3) is 0.818. The summed E-state index contributed by atoms with van der Waals surface area (Å²) in [5.74, 6) is 2.91. The maximum Gasteiger partial charge on any atom is 0.230 e. The Bertz CT molecular complexity index is 323. The van der Waals surface area contributed by atoms with Crippen LogP contribution < -0.4 is 5.73 Å². The van der Waals surface area contributed by atoms with Crippen LogP contribution in [0.1, 0.15) is 56.7 Å². The van der Waals surface area contributed by atoms with Gasteiger partial charge in [-0.3, -0.25) is 0 Å². The molecule has 1 aromatic rings. The first-order valence-corrected chi connectivity index (χ1v) is 5.76. The van der Waals surface area contributed by atoms with Gasteiger partial charge in [-0.25, -0.2) is 0 Å². The van der Waals surface area contributed by atoms with Crippen molar-refractivity contribution in [2.75, 3.05) is 6.54 Å². The summed E-state index contributed by atoms with van der Waals surface area (Å²) in [6.45, 7) is 4.85. The normalized spacial score (nSPS) is 28.2. The molecule has 1 fully saturated rings. The zero-order valence-electron chi connectivity index (χ0n) is 9.44. The minimum atomic E-state index is 0.194. The van der Waals surface area contributed by atoms with E-state index in [4.69, 9.17) is 10.3 Å². The van der Waals surface area contributed by atoms with Crippen LogP contribution in [0.15, 0.2) is 4.52 Å². The smallest absolute Gasteiger partial charge is 0.230 e. The molecule has 1 heterocycles. The highest BCUT2D eigenvalue weighted by Gasteiger charge is 2.30. The summed E-state index contributed by atoms with van der Waals surface area (Å²) in [6.07, 6.45) is 3.73. The van der Waals surface area contributed by atoms with E-state index < -0.39 is 0 Å². The largest absolute Gasteiger partial charge is 0.339 e. The fourth-order valence-electron chi connectivity index (χ4n) is 2.22. The lowest BCUT2D eigenvalue weighted by Gasteiger charge is -2.08. The van der Waals surface area contributed by atoms with Gasteiger partial charge < -0.3 is 10.3 Å². The van der Waals surface area contributed by atoms with E-state index in [1.54, 1.807) is 0 Å². The highest BCUT2D eigenvalue weighted by Crippen LogP contribution is 2.38. The predicted octanol–water partition coefficient (Wildman–Crippen LogP) is 2.04. The van der Waals surface area contributed by atoms with Crippen LogP contribution in [0, 0.1) is 5.92 Å². The molecular formula is C11H19N3O. The average Bonchev–Trinajstić information content (AvgIpc) is 2.84. The molecular weight excluding hydrogens is 190 g/mol. The zero-order chi connectivity index (χ0) is 10.8. The van der Waals surface area contributed by atoms with Crippen molar-refractivity contribution in [2.24, 2.45) is 11.7 Å². The van der Waals surface area contributed by atoms with Crippen LogP contribution >= 0.6 is 0 Å². The van der Waals surface area contributed by atoms with Gasteiger partial charge in [0.25, 0.3) is 0 Å². The van der Waals surface area contributed by atoms with Crippen molar-refractivity contribution in [1.82, 2.24) is 10.1 Å². The van der Waals surface area contributed by atoms with Gasteiger partial charge in [0.05, 0.1) is 0 Å². The molecule has 1 aromatic heterocycles. The maximum atomic E-state index is 5.57. The molecule has 0 amide bonds. The van der Waals surface area contributed by atoms with Crippen LogP contribution in [-0.4, -0.2) is 16.7 Å². The summed E-state index contributed by atoms with van der Waals surface area (Å²) in [5, 5.41) is 4.00. The maximum absolute atomic E-state index is 5.57. The van der Waals surface area contributed by atoms with Crippen molar-refractivity contribution in [3.8, 4) is 0 Å². The Hall–Kier alpha value is -0.900. The van der Waals surface area contributed by atoms with Gasteiger partial charge in [-0.1, -0.05) is 25.4 Å². The van der Waals surface area contributed by atoms with Gasteiger partial charge in [-0.2, -0.15) is 4.98 Å². The number of nitrogens with two attached hydrogens (primary N) is 1. The Balaban J connectivity index is 2.12. The minimum Gasteiger partial charge on any atom is -0.339 e. The second-order valence-corrected chi connectivity index (χ2v) is 4.64. The van der Waals surface area contributed by atoms with Gasteiger partial charge in [0.1, 0.15) is 0 Å². The number of hydrogen-bond acceptors (Lipinski definition) is 4. The summed E-state index contributed by atoms with van der Waals surface area (Å²) >= 11 is 0. The average molecular weight is 209 g/mol. The van der Waals surface area contributed by atoms with E-state index >= 15 is 0 Å². The van der Waals surface area contributed by atoms with Crippen LogP contribution in [0.3, 0.4) is 0 Å². The quantitative estimate of drug-likeness (QED) is 0.827. The van der Waals surface area contributed by atoms with Crippen molar-refractivity contribution >= 4 is 0 Å². The van der Waals surface area contributed by atoms with Crippen LogP contribution in [0.2, 0.25) is 0 Å². The SMILES string of the molecule is CC(CN)c1noc(C2CCCC2C)n1. The molecule has 2 rings (SSSR count). The van der Waals surface area contributed by atoms with E-state index in [0.717, 1.165) is 11.7 Å². The van der Waals surface area contributed by atoms with Gasteiger partial charge in [-0.15, -0.1) is 0 Å². The van der Waals surface area contributed by atoms with E-state index in [1.165, 1.54) is 19.3 Å². The Morgan fingerprint density at radius 3 is 2.93 bits per heavy atom. The number of hydrogen-bond donors (Lipinski definition) is 1. The monoisotopic (exact) mass is 209 g/mol. The van der Waals surface area contributed by atoms with E-state index in [-0.39, 0.29) is 5.92 Å². The van der Waals surface area contributed by atoms with Crippen LogP contribution in [0.25, 0.3) is 0 Å². The third-order valence-corrected chi connectivity index (χ3v) is 3.43. The highest BCUT2D eigenvalue weighted by atomic mass is 16.5. The Morgan fingerprint density at radius 2 is 2.33 bits per heavy atom. The fourth-order valence-corrected chi connectivity index (χ4v) is 2.22. The van der Waals surface area contributed by atoms with Crippen LogP contribution in [-0.2, 0) is 0 Å². The van der Waals surface area contributed by atoms with Gasteiger partial charge >= 0.3 is 0 Å². The number of rotatable bonds is 3. The minimum absolute atomic E-state index is 0.194. The molecule has 0 aliphatic heterocycles. The third kappa shape index (κ3) is 2.04. The molecule has 0 spiro atoms. The topological polar surface area (TPSA) is 64.9 Å². The molecule has 1 aliphatic rings. The summed E-state index contributed by atoms with van der Waals surface area (Å²) in [5.41, 5.74) is 5.57. The molecule has 4 nitrogen and oxygen atoms in total. The van der Waals surface area contributed by atoms with Crippen LogP contribution in [0.5, 0.6) is 0 Å². The molecule has 0 radical (unpaired) electrons. The lowest BCUT2D eigenvalue weighted by atomic mass is 9.98. The highest BCUT2D eigenvalue weighted by molar-refractivity contribution is 5.01. The number of aromatic nitrogens is 2. The van der Waals surface area contributed by atoms with Crippen molar-refractivity contribution in [1.29, 1.82) is 0 Å². The molecule has 0 aromatic carbocycles. The predicted molar refractivity (Wildman–Crippen MR) is 57.5 cm³/mol. The van der Waals surface area contributed by atoms with E-state index in [9.17, 15) is 0 Å². The van der Waals surface area contributed by atoms with Crippen molar-refractivity contribution in [3.63, 3.8) is 0 Å². The summed E-state index contributed by atoms with van der Waals surface area (Å²) in [4.78, 5) is 4.46. The van der Waals surface area contributed by atoms with Gasteiger partial charge in [0.2, 0.25) is 5.89 Å². The second-order valence-electron chi connectivity index (χ2n) is 4.64. The van der Waals surface area contributed by atoms with E-state index in [1.807, 2.05) is 6.92 Å². The molecule has 84 valence electrons. The van der Waals surface area contributed by atoms with Gasteiger partial charge in [-0.05, 0) is 18.8 Å². The molecule has 0 saturated heterocycles. The Labute approximate surface area is 90.2 Å². The van der Waals surface area contributed by atoms with Gasteiger partial charge in [0.15, 0.2) is 5.82 Å². The van der Waals surface area contributed by atoms with Crippen LogP contribution in [0.4, 0.5) is 0 Å². The summed E-state index contributed by atoms with van der Waals surface area (Å²) < 4.78 is 5.33. The molecule has 15 heavy (non-hydrogen) atoms. The molecule has 3 unspecified atom stereocenters. The first-order chi connectivity index (χ1) is 7.22. The van der Waals surface area contributed by atoms with Gasteiger partial charge in [0, 0.05) is 18.4 Å². The summed E-state index contributed by atoms with van der Waals surface area (Å²) in [6, 6.07) is 0. The van der Waals surface area contributed by atoms with Crippen molar-refractivity contribution in [2.45, 2.75) is 44.9 Å². The summed E-state index contributed by atoms with van der Waals surface area (Å²) in [7, 11) is 0. The number of nitrogens with zero attached hydrogens (tertiary/aromatic N) is 2. The molecule has 1 saturated carbocycles. The van der Waals surface area contributed by atoms with E-state index in [0.29, 0.717) is 18.4 Å². The lowest BCUT2D eigenvalue weighted by molar-refractivity contribution is 0.327. The first-order valence-electron chi connectivity index (χ1n) is 5.76. The Morgan fingerprint density at radius 1 is 1.53 bits per heavy atom. The third-order valence-electron chi connectivity index (χ3n) is 3.43. The Kier molecular flexibility index (Phi) is 3.05. The molecule has 4 heteroatoms. The second kappa shape index (κ2) is 4.31. The van der Waals surface area contributed by atoms with E-state index in [2.05, 4.69) is 17.1 Å². The molecule has 1 aliphatic carbocycles. The molecule has 0 bridgehead atoms. The van der Waals surface area contributed by atoms with Crippen molar-refractivity contribution < 1.29 is 4.52 Å². The first kappa shape index (κ1) is 10.6. The molecule has 2 N–H and O–H groups in total.